The van der Waals surface area contributed by atoms with E-state index in [0.29, 0.717) is 11.3 Å². The molecule has 2 aliphatic rings. The summed E-state index contributed by atoms with van der Waals surface area (Å²) in [6, 6.07) is 7.40. The first-order valence-electron chi connectivity index (χ1n) is 11.2. The third-order valence-electron chi connectivity index (χ3n) is 7.38. The molecular formula is C26H40. The SMILES string of the molecule is C=C1CC(C)(CCCCC)CC1c1ccc(C2CCC(C)CC2)c(C)c1. The lowest BCUT2D eigenvalue weighted by atomic mass is 9.77. The van der Waals surface area contributed by atoms with E-state index in [1.165, 1.54) is 80.9 Å². The summed E-state index contributed by atoms with van der Waals surface area (Å²) in [7, 11) is 0. The lowest BCUT2D eigenvalue weighted by Gasteiger charge is -2.28. The number of allylic oxidation sites excluding steroid dienone is 1. The molecule has 0 bridgehead atoms. The summed E-state index contributed by atoms with van der Waals surface area (Å²) in [5, 5.41) is 0. The highest BCUT2D eigenvalue weighted by molar-refractivity contribution is 5.39. The number of benzene rings is 1. The molecule has 0 aliphatic heterocycles. The zero-order valence-electron chi connectivity index (χ0n) is 17.7. The quantitative estimate of drug-likeness (QED) is 0.356. The molecule has 1 aromatic rings. The topological polar surface area (TPSA) is 0 Å². The van der Waals surface area contributed by atoms with Crippen LogP contribution in [0.2, 0.25) is 0 Å². The Morgan fingerprint density at radius 1 is 1.12 bits per heavy atom. The van der Waals surface area contributed by atoms with Crippen LogP contribution in [-0.2, 0) is 0 Å². The van der Waals surface area contributed by atoms with Crippen molar-refractivity contribution in [3.8, 4) is 0 Å². The van der Waals surface area contributed by atoms with Crippen LogP contribution in [0.4, 0.5) is 0 Å². The first-order valence-corrected chi connectivity index (χ1v) is 11.2. The molecule has 2 fully saturated rings. The van der Waals surface area contributed by atoms with Crippen molar-refractivity contribution in [1.29, 1.82) is 0 Å². The van der Waals surface area contributed by atoms with Crippen molar-refractivity contribution in [2.24, 2.45) is 11.3 Å². The minimum absolute atomic E-state index is 0.475. The fourth-order valence-corrected chi connectivity index (χ4v) is 5.67. The molecule has 0 radical (unpaired) electrons. The van der Waals surface area contributed by atoms with Crippen molar-refractivity contribution in [1.82, 2.24) is 0 Å². The van der Waals surface area contributed by atoms with Crippen LogP contribution in [-0.4, -0.2) is 0 Å². The van der Waals surface area contributed by atoms with Crippen LogP contribution < -0.4 is 0 Å². The van der Waals surface area contributed by atoms with Crippen molar-refractivity contribution in [3.63, 3.8) is 0 Å². The molecule has 0 saturated heterocycles. The molecule has 2 saturated carbocycles. The van der Waals surface area contributed by atoms with Gasteiger partial charge in [-0.1, -0.05) is 83.2 Å². The maximum Gasteiger partial charge on any atom is 0.00510 e. The van der Waals surface area contributed by atoms with Crippen LogP contribution in [0.15, 0.2) is 30.4 Å². The minimum atomic E-state index is 0.475. The van der Waals surface area contributed by atoms with Gasteiger partial charge in [-0.2, -0.15) is 0 Å². The van der Waals surface area contributed by atoms with Gasteiger partial charge >= 0.3 is 0 Å². The van der Waals surface area contributed by atoms with Gasteiger partial charge in [0.15, 0.2) is 0 Å². The van der Waals surface area contributed by atoms with Crippen molar-refractivity contribution >= 4 is 0 Å². The Morgan fingerprint density at radius 2 is 1.85 bits per heavy atom. The van der Waals surface area contributed by atoms with Gasteiger partial charge in [-0.05, 0) is 73.0 Å². The van der Waals surface area contributed by atoms with Gasteiger partial charge in [0, 0.05) is 5.92 Å². The van der Waals surface area contributed by atoms with E-state index in [1.807, 2.05) is 0 Å². The Hall–Kier alpha value is -1.04. The Labute approximate surface area is 162 Å². The average molecular weight is 353 g/mol. The highest BCUT2D eigenvalue weighted by atomic mass is 14.4. The Balaban J connectivity index is 1.70. The summed E-state index contributed by atoms with van der Waals surface area (Å²) >= 11 is 0. The predicted molar refractivity (Wildman–Crippen MR) is 115 cm³/mol. The predicted octanol–water partition coefficient (Wildman–Crippen LogP) is 8.31. The van der Waals surface area contributed by atoms with Crippen LogP contribution >= 0.6 is 0 Å². The molecule has 0 nitrogen and oxygen atoms in total. The molecule has 0 heteroatoms. The van der Waals surface area contributed by atoms with E-state index in [0.717, 1.165) is 11.8 Å². The van der Waals surface area contributed by atoms with Gasteiger partial charge < -0.3 is 0 Å². The summed E-state index contributed by atoms with van der Waals surface area (Å²) in [5.41, 5.74) is 6.62. The van der Waals surface area contributed by atoms with E-state index in [2.05, 4.69) is 52.5 Å². The molecule has 2 aliphatic carbocycles. The fourth-order valence-electron chi connectivity index (χ4n) is 5.67. The summed E-state index contributed by atoms with van der Waals surface area (Å²) < 4.78 is 0. The highest BCUT2D eigenvalue weighted by Gasteiger charge is 2.37. The maximum absolute atomic E-state index is 4.49. The second-order valence-electron chi connectivity index (χ2n) is 9.93. The standard InChI is InChI=1S/C26H40/c1-6-7-8-15-26(5)17-21(4)25(18-26)23-13-14-24(20(3)16-23)22-11-9-19(2)10-12-22/h13-14,16,19,22,25H,4,6-12,15,17-18H2,1-3,5H3. The third kappa shape index (κ3) is 4.44. The largest absolute Gasteiger partial charge is 0.0992 e. The van der Waals surface area contributed by atoms with Crippen LogP contribution in [0.3, 0.4) is 0 Å². The van der Waals surface area contributed by atoms with Crippen LogP contribution in [0, 0.1) is 18.3 Å². The lowest BCUT2D eigenvalue weighted by molar-refractivity contribution is 0.295. The molecule has 1 aromatic carbocycles. The van der Waals surface area contributed by atoms with E-state index >= 15 is 0 Å². The number of hydrogen-bond acceptors (Lipinski definition) is 0. The Morgan fingerprint density at radius 3 is 2.50 bits per heavy atom. The van der Waals surface area contributed by atoms with Gasteiger partial charge in [-0.15, -0.1) is 0 Å². The molecule has 0 spiro atoms. The molecule has 0 N–H and O–H groups in total. The van der Waals surface area contributed by atoms with Gasteiger partial charge in [-0.3, -0.25) is 0 Å². The van der Waals surface area contributed by atoms with Crippen LogP contribution in [0.25, 0.3) is 0 Å². The second-order valence-corrected chi connectivity index (χ2v) is 9.93. The number of rotatable bonds is 6. The van der Waals surface area contributed by atoms with Crippen molar-refractivity contribution in [2.45, 2.75) is 104 Å². The fraction of sp³-hybridized carbons (Fsp3) is 0.692. The molecule has 2 unspecified atom stereocenters. The van der Waals surface area contributed by atoms with E-state index in [4.69, 9.17) is 0 Å². The van der Waals surface area contributed by atoms with E-state index in [9.17, 15) is 0 Å². The zero-order chi connectivity index (χ0) is 18.7. The minimum Gasteiger partial charge on any atom is -0.0992 e. The molecule has 0 heterocycles. The third-order valence-corrected chi connectivity index (χ3v) is 7.38. The summed E-state index contributed by atoms with van der Waals surface area (Å²) in [6.07, 6.45) is 13.5. The average Bonchev–Trinajstić information content (AvgIpc) is 2.91. The molecule has 2 atom stereocenters. The molecule has 0 aromatic heterocycles. The number of aryl methyl sites for hydroxylation is 1. The van der Waals surface area contributed by atoms with Gasteiger partial charge in [0.1, 0.15) is 0 Å². The Bertz CT molecular complexity index is 617. The van der Waals surface area contributed by atoms with Crippen LogP contribution in [0.5, 0.6) is 0 Å². The monoisotopic (exact) mass is 352 g/mol. The molecule has 0 amide bonds. The van der Waals surface area contributed by atoms with E-state index < -0.39 is 0 Å². The normalized spacial score (nSPS) is 32.2. The molecule has 3 rings (SSSR count). The van der Waals surface area contributed by atoms with Crippen LogP contribution in [0.1, 0.15) is 114 Å². The number of hydrogen-bond donors (Lipinski definition) is 0. The van der Waals surface area contributed by atoms with Gasteiger partial charge in [0.2, 0.25) is 0 Å². The molecule has 144 valence electrons. The lowest BCUT2D eigenvalue weighted by Crippen LogP contribution is -2.13. The zero-order valence-corrected chi connectivity index (χ0v) is 17.7. The van der Waals surface area contributed by atoms with Crippen molar-refractivity contribution < 1.29 is 0 Å². The first-order chi connectivity index (χ1) is 12.4. The Kier molecular flexibility index (Phi) is 6.31. The summed E-state index contributed by atoms with van der Waals surface area (Å²) in [4.78, 5) is 0. The van der Waals surface area contributed by atoms with Gasteiger partial charge in [-0.25, -0.2) is 0 Å². The van der Waals surface area contributed by atoms with Gasteiger partial charge in [0.25, 0.3) is 0 Å². The maximum atomic E-state index is 4.49. The highest BCUT2D eigenvalue weighted by Crippen LogP contribution is 2.52. The molecular weight excluding hydrogens is 312 g/mol. The first kappa shape index (κ1) is 19.7. The van der Waals surface area contributed by atoms with Crippen molar-refractivity contribution in [2.75, 3.05) is 0 Å². The summed E-state index contributed by atoms with van der Waals surface area (Å²) in [5.74, 6) is 2.31. The van der Waals surface area contributed by atoms with E-state index in [-0.39, 0.29) is 0 Å². The summed E-state index contributed by atoms with van der Waals surface area (Å²) in [6.45, 7) is 14.0. The molecule has 26 heavy (non-hydrogen) atoms. The smallest absolute Gasteiger partial charge is 0.00510 e. The van der Waals surface area contributed by atoms with Crippen molar-refractivity contribution in [3.05, 3.63) is 47.0 Å². The van der Waals surface area contributed by atoms with E-state index in [1.54, 1.807) is 5.56 Å². The van der Waals surface area contributed by atoms with Gasteiger partial charge in [0.05, 0.1) is 0 Å². The second kappa shape index (κ2) is 8.32. The number of unbranched alkanes of at least 4 members (excludes halogenated alkanes) is 2.